The third-order valence-corrected chi connectivity index (χ3v) is 2.83. The van der Waals surface area contributed by atoms with Crippen molar-refractivity contribution < 1.29 is 18.0 Å². The number of hydrogen-bond donors (Lipinski definition) is 1. The molecule has 0 aliphatic carbocycles. The molecule has 18 heavy (non-hydrogen) atoms. The third kappa shape index (κ3) is 1.51. The minimum Gasteiger partial charge on any atom is -0.325 e. The largest absolute Gasteiger partial charge is 0.404 e. The highest BCUT2D eigenvalue weighted by molar-refractivity contribution is 6.05. The minimum absolute atomic E-state index is 0.0845. The van der Waals surface area contributed by atoms with Crippen molar-refractivity contribution in [1.29, 1.82) is 0 Å². The van der Waals surface area contributed by atoms with Crippen molar-refractivity contribution in [2.45, 2.75) is 12.1 Å². The number of nitrogens with zero attached hydrogens (tertiary/aromatic N) is 2. The number of rotatable bonds is 0. The molecule has 0 fully saturated rings. The average Bonchev–Trinajstić information content (AvgIpc) is 2.60. The third-order valence-electron chi connectivity index (χ3n) is 2.83. The fourth-order valence-electron chi connectivity index (χ4n) is 2.06. The number of amides is 1. The topological polar surface area (TPSA) is 54.9 Å². The standard InChI is InChI=1S/C11H6F3N3O/c12-11(13,14)9-6-2-7-5(3-15-4-16-7)1-8(6)17-10(9)18/h1-4,9H,(H,17,18). The predicted octanol–water partition coefficient (Wildman–Crippen LogP) is 2.23. The van der Waals surface area contributed by atoms with E-state index in [1.165, 1.54) is 24.7 Å². The number of alkyl halides is 3. The molecule has 0 radical (unpaired) electrons. The molecule has 1 aromatic carbocycles. The van der Waals surface area contributed by atoms with Crippen molar-refractivity contribution in [2.24, 2.45) is 0 Å². The van der Waals surface area contributed by atoms with Crippen molar-refractivity contribution in [2.75, 3.05) is 5.32 Å². The molecule has 1 atom stereocenters. The van der Waals surface area contributed by atoms with Gasteiger partial charge in [-0.15, -0.1) is 0 Å². The maximum atomic E-state index is 12.8. The first-order valence-electron chi connectivity index (χ1n) is 5.08. The average molecular weight is 253 g/mol. The Morgan fingerprint density at radius 1 is 1.28 bits per heavy atom. The Labute approximate surface area is 98.8 Å². The van der Waals surface area contributed by atoms with Gasteiger partial charge in [0, 0.05) is 17.3 Å². The molecule has 1 amide bonds. The number of hydrogen-bond acceptors (Lipinski definition) is 3. The van der Waals surface area contributed by atoms with Gasteiger partial charge in [-0.3, -0.25) is 4.79 Å². The van der Waals surface area contributed by atoms with Gasteiger partial charge in [0.2, 0.25) is 5.91 Å². The van der Waals surface area contributed by atoms with Crippen LogP contribution in [0.4, 0.5) is 18.9 Å². The molecule has 0 saturated carbocycles. The van der Waals surface area contributed by atoms with Crippen molar-refractivity contribution in [3.63, 3.8) is 0 Å². The van der Waals surface area contributed by atoms with Crippen molar-refractivity contribution in [1.82, 2.24) is 9.97 Å². The number of anilines is 1. The van der Waals surface area contributed by atoms with Gasteiger partial charge in [-0.25, -0.2) is 9.97 Å². The van der Waals surface area contributed by atoms with E-state index in [0.717, 1.165) is 0 Å². The summed E-state index contributed by atoms with van der Waals surface area (Å²) in [7, 11) is 0. The normalized spacial score (nSPS) is 18.8. The monoisotopic (exact) mass is 253 g/mol. The molecule has 7 heteroatoms. The van der Waals surface area contributed by atoms with Crippen LogP contribution in [0.1, 0.15) is 11.5 Å². The lowest BCUT2D eigenvalue weighted by Gasteiger charge is -2.12. The van der Waals surface area contributed by atoms with Crippen LogP contribution in [0, 0.1) is 0 Å². The summed E-state index contributed by atoms with van der Waals surface area (Å²) in [5.74, 6) is -3.17. The molecule has 1 N–H and O–H groups in total. The van der Waals surface area contributed by atoms with E-state index in [2.05, 4.69) is 15.3 Å². The molecular weight excluding hydrogens is 247 g/mol. The van der Waals surface area contributed by atoms with Crippen molar-refractivity contribution >= 4 is 22.5 Å². The van der Waals surface area contributed by atoms with Gasteiger partial charge in [0.25, 0.3) is 0 Å². The van der Waals surface area contributed by atoms with Crippen LogP contribution < -0.4 is 5.32 Å². The first-order valence-corrected chi connectivity index (χ1v) is 5.08. The van der Waals surface area contributed by atoms with E-state index >= 15 is 0 Å². The SMILES string of the molecule is O=C1Nc2cc3cncnc3cc2C1C(F)(F)F. The Bertz CT molecular complexity index is 654. The number of carbonyl (C=O) groups excluding carboxylic acids is 1. The zero-order valence-electron chi connectivity index (χ0n) is 8.82. The quantitative estimate of drug-likeness (QED) is 0.783. The van der Waals surface area contributed by atoms with Gasteiger partial charge in [0.05, 0.1) is 5.52 Å². The number of halogens is 3. The van der Waals surface area contributed by atoms with Crippen LogP contribution >= 0.6 is 0 Å². The number of carbonyl (C=O) groups is 1. The van der Waals surface area contributed by atoms with Crippen LogP contribution in [0.15, 0.2) is 24.7 Å². The number of benzene rings is 1. The summed E-state index contributed by atoms with van der Waals surface area (Å²) in [4.78, 5) is 19.1. The summed E-state index contributed by atoms with van der Waals surface area (Å²) >= 11 is 0. The summed E-state index contributed by atoms with van der Waals surface area (Å²) < 4.78 is 38.4. The Kier molecular flexibility index (Phi) is 2.07. The van der Waals surface area contributed by atoms with E-state index in [0.29, 0.717) is 10.9 Å². The second-order valence-electron chi connectivity index (χ2n) is 3.98. The maximum Gasteiger partial charge on any atom is 0.404 e. The molecule has 0 spiro atoms. The molecule has 0 bridgehead atoms. The smallest absolute Gasteiger partial charge is 0.325 e. The highest BCUT2D eigenvalue weighted by atomic mass is 19.4. The Morgan fingerprint density at radius 3 is 2.78 bits per heavy atom. The first kappa shape index (κ1) is 10.9. The fourth-order valence-corrected chi connectivity index (χ4v) is 2.06. The van der Waals surface area contributed by atoms with Gasteiger partial charge in [-0.2, -0.15) is 13.2 Å². The van der Waals surface area contributed by atoms with Crippen LogP contribution in [-0.4, -0.2) is 22.1 Å². The lowest BCUT2D eigenvalue weighted by Crippen LogP contribution is -2.27. The van der Waals surface area contributed by atoms with Gasteiger partial charge in [-0.1, -0.05) is 0 Å². The molecule has 1 aromatic heterocycles. The molecule has 92 valence electrons. The number of nitrogens with one attached hydrogen (secondary N) is 1. The highest BCUT2D eigenvalue weighted by Gasteiger charge is 2.50. The maximum absolute atomic E-state index is 12.8. The fraction of sp³-hybridized carbons (Fsp3) is 0.182. The molecule has 3 rings (SSSR count). The number of fused-ring (bicyclic) bond motifs is 2. The van der Waals surface area contributed by atoms with Gasteiger partial charge in [0.15, 0.2) is 5.92 Å². The molecule has 2 aromatic rings. The second-order valence-corrected chi connectivity index (χ2v) is 3.98. The Morgan fingerprint density at radius 2 is 2.06 bits per heavy atom. The summed E-state index contributed by atoms with van der Waals surface area (Å²) in [6.45, 7) is 0. The first-order chi connectivity index (χ1) is 8.47. The lowest BCUT2D eigenvalue weighted by molar-refractivity contribution is -0.160. The van der Waals surface area contributed by atoms with Crippen molar-refractivity contribution in [3.05, 3.63) is 30.2 Å². The molecule has 1 unspecified atom stereocenters. The summed E-state index contributed by atoms with van der Waals surface area (Å²) in [5, 5.41) is 2.81. The summed E-state index contributed by atoms with van der Waals surface area (Å²) in [6, 6.07) is 2.73. The molecule has 2 heterocycles. The van der Waals surface area contributed by atoms with Gasteiger partial charge >= 0.3 is 6.18 Å². The molecule has 0 saturated heterocycles. The van der Waals surface area contributed by atoms with Crippen LogP contribution in [0.2, 0.25) is 0 Å². The van der Waals surface area contributed by atoms with Crippen molar-refractivity contribution in [3.8, 4) is 0 Å². The predicted molar refractivity (Wildman–Crippen MR) is 57.0 cm³/mol. The Hall–Kier alpha value is -2.18. The highest BCUT2D eigenvalue weighted by Crippen LogP contribution is 2.44. The zero-order chi connectivity index (χ0) is 12.9. The van der Waals surface area contributed by atoms with E-state index < -0.39 is 18.0 Å². The van der Waals surface area contributed by atoms with Gasteiger partial charge < -0.3 is 5.32 Å². The molecule has 4 nitrogen and oxygen atoms in total. The second kappa shape index (κ2) is 3.41. The van der Waals surface area contributed by atoms with E-state index in [9.17, 15) is 18.0 Å². The van der Waals surface area contributed by atoms with Gasteiger partial charge in [0.1, 0.15) is 6.33 Å². The zero-order valence-corrected chi connectivity index (χ0v) is 8.82. The van der Waals surface area contributed by atoms with Crippen LogP contribution in [0.5, 0.6) is 0 Å². The summed E-state index contributed by atoms with van der Waals surface area (Å²) in [5.41, 5.74) is 0.470. The minimum atomic E-state index is -4.60. The van der Waals surface area contributed by atoms with E-state index in [1.807, 2.05) is 0 Å². The Balaban J connectivity index is 2.24. The van der Waals surface area contributed by atoms with E-state index in [1.54, 1.807) is 0 Å². The van der Waals surface area contributed by atoms with Gasteiger partial charge in [-0.05, 0) is 17.7 Å². The number of aromatic nitrogens is 2. The summed E-state index contributed by atoms with van der Waals surface area (Å²) in [6.07, 6.45) is -1.87. The van der Waals surface area contributed by atoms with E-state index in [-0.39, 0.29) is 11.3 Å². The van der Waals surface area contributed by atoms with Crippen LogP contribution in [0.25, 0.3) is 10.9 Å². The molecule has 1 aliphatic heterocycles. The lowest BCUT2D eigenvalue weighted by atomic mass is 9.99. The molecular formula is C11H6F3N3O. The molecule has 1 aliphatic rings. The van der Waals surface area contributed by atoms with E-state index in [4.69, 9.17) is 0 Å². The van der Waals surface area contributed by atoms with Crippen LogP contribution in [0.3, 0.4) is 0 Å². The van der Waals surface area contributed by atoms with Crippen LogP contribution in [-0.2, 0) is 4.79 Å².